The molecule has 0 aliphatic rings. The molecule has 0 heterocycles. The number of nitrogens with two attached hydrogens (primary N) is 1. The monoisotopic (exact) mass is 306 g/mol. The van der Waals surface area contributed by atoms with Crippen LogP contribution in [-0.4, -0.2) is 26.2 Å². The molecular formula is C12H19ClN2O3S. The molecule has 0 aliphatic heterocycles. The van der Waals surface area contributed by atoms with Gasteiger partial charge in [-0.2, -0.15) is 0 Å². The van der Waals surface area contributed by atoms with Gasteiger partial charge in [0.1, 0.15) is 0 Å². The number of nitrogen functional groups attached to an aromatic ring is 1. The number of aliphatic hydroxyl groups is 1. The molecule has 1 aromatic carbocycles. The van der Waals surface area contributed by atoms with Gasteiger partial charge in [0, 0.05) is 6.54 Å². The molecule has 5 nitrogen and oxygen atoms in total. The first-order valence-electron chi connectivity index (χ1n) is 5.95. The number of aliphatic hydroxyl groups excluding tert-OH is 1. The molecule has 0 saturated heterocycles. The fraction of sp³-hybridized carbons (Fsp3) is 0.500. The second kappa shape index (κ2) is 6.56. The highest BCUT2D eigenvalue weighted by atomic mass is 35.5. The number of halogens is 1. The van der Waals surface area contributed by atoms with E-state index in [-0.39, 0.29) is 17.1 Å². The molecule has 0 spiro atoms. The number of sulfonamides is 1. The van der Waals surface area contributed by atoms with E-state index < -0.39 is 16.1 Å². The molecule has 1 atom stereocenters. The molecule has 1 unspecified atom stereocenters. The summed E-state index contributed by atoms with van der Waals surface area (Å²) < 4.78 is 26.3. The normalized spacial score (nSPS) is 13.7. The Labute approximate surface area is 118 Å². The van der Waals surface area contributed by atoms with Crippen molar-refractivity contribution < 1.29 is 13.5 Å². The molecule has 108 valence electrons. The Morgan fingerprint density at radius 1 is 1.42 bits per heavy atom. The first-order valence-corrected chi connectivity index (χ1v) is 7.81. The van der Waals surface area contributed by atoms with Gasteiger partial charge in [-0.1, -0.05) is 25.4 Å². The van der Waals surface area contributed by atoms with Crippen LogP contribution in [-0.2, 0) is 10.0 Å². The van der Waals surface area contributed by atoms with E-state index in [1.54, 1.807) is 0 Å². The molecule has 7 heteroatoms. The summed E-state index contributed by atoms with van der Waals surface area (Å²) in [6.45, 7) is 3.89. The second-order valence-electron chi connectivity index (χ2n) is 4.82. The van der Waals surface area contributed by atoms with E-state index >= 15 is 0 Å². The fourth-order valence-corrected chi connectivity index (χ4v) is 2.83. The third-order valence-corrected chi connectivity index (χ3v) is 4.30. The number of anilines is 1. The van der Waals surface area contributed by atoms with Gasteiger partial charge in [-0.15, -0.1) is 0 Å². The van der Waals surface area contributed by atoms with Gasteiger partial charge in [0.25, 0.3) is 0 Å². The summed E-state index contributed by atoms with van der Waals surface area (Å²) in [5.41, 5.74) is 5.77. The van der Waals surface area contributed by atoms with Crippen molar-refractivity contribution in [3.63, 3.8) is 0 Å². The second-order valence-corrected chi connectivity index (χ2v) is 6.99. The molecule has 1 rings (SSSR count). The Kier molecular flexibility index (Phi) is 5.61. The maximum atomic E-state index is 12.0. The molecule has 0 aliphatic carbocycles. The van der Waals surface area contributed by atoms with Crippen molar-refractivity contribution in [2.45, 2.75) is 31.3 Å². The standard InChI is InChI=1S/C12H19ClN2O3S/c1-8(2)5-9(16)7-15-19(17,18)10-3-4-11(13)12(14)6-10/h3-4,6,8-9,15-16H,5,7,14H2,1-2H3. The zero-order chi connectivity index (χ0) is 14.6. The maximum absolute atomic E-state index is 12.0. The van der Waals surface area contributed by atoms with E-state index in [0.29, 0.717) is 17.4 Å². The lowest BCUT2D eigenvalue weighted by atomic mass is 10.1. The summed E-state index contributed by atoms with van der Waals surface area (Å²) in [6.07, 6.45) is -0.176. The van der Waals surface area contributed by atoms with Crippen LogP contribution in [0.2, 0.25) is 5.02 Å². The molecule has 0 radical (unpaired) electrons. The van der Waals surface area contributed by atoms with Gasteiger partial charge in [-0.05, 0) is 30.5 Å². The van der Waals surface area contributed by atoms with E-state index in [0.717, 1.165) is 0 Å². The highest BCUT2D eigenvalue weighted by molar-refractivity contribution is 7.89. The van der Waals surface area contributed by atoms with Crippen molar-refractivity contribution in [3.8, 4) is 0 Å². The van der Waals surface area contributed by atoms with E-state index in [4.69, 9.17) is 17.3 Å². The highest BCUT2D eigenvalue weighted by Gasteiger charge is 2.17. The van der Waals surface area contributed by atoms with Crippen LogP contribution in [0.25, 0.3) is 0 Å². The minimum atomic E-state index is -3.68. The van der Waals surface area contributed by atoms with Crippen LogP contribution in [0.5, 0.6) is 0 Å². The topological polar surface area (TPSA) is 92.4 Å². The van der Waals surface area contributed by atoms with Crippen molar-refractivity contribution in [3.05, 3.63) is 23.2 Å². The lowest BCUT2D eigenvalue weighted by Crippen LogP contribution is -2.32. The molecule has 0 saturated carbocycles. The van der Waals surface area contributed by atoms with Gasteiger partial charge >= 0.3 is 0 Å². The van der Waals surface area contributed by atoms with Crippen LogP contribution >= 0.6 is 11.6 Å². The van der Waals surface area contributed by atoms with Crippen LogP contribution in [0.15, 0.2) is 23.1 Å². The largest absolute Gasteiger partial charge is 0.397 e. The minimum absolute atomic E-state index is 0.0248. The summed E-state index contributed by atoms with van der Waals surface area (Å²) in [5.74, 6) is 0.297. The van der Waals surface area contributed by atoms with Gasteiger partial charge in [0.2, 0.25) is 10.0 Å². The third kappa shape index (κ3) is 4.99. The molecule has 0 amide bonds. The van der Waals surface area contributed by atoms with Crippen molar-refractivity contribution in [1.29, 1.82) is 0 Å². The Hall–Kier alpha value is -0.820. The van der Waals surface area contributed by atoms with Crippen LogP contribution in [0, 0.1) is 5.92 Å². The van der Waals surface area contributed by atoms with Crippen molar-refractivity contribution in [2.75, 3.05) is 12.3 Å². The Morgan fingerprint density at radius 3 is 2.58 bits per heavy atom. The van der Waals surface area contributed by atoms with E-state index in [2.05, 4.69) is 4.72 Å². The first kappa shape index (κ1) is 16.2. The van der Waals surface area contributed by atoms with E-state index in [1.807, 2.05) is 13.8 Å². The zero-order valence-corrected chi connectivity index (χ0v) is 12.5. The predicted molar refractivity (Wildman–Crippen MR) is 76.5 cm³/mol. The smallest absolute Gasteiger partial charge is 0.240 e. The number of hydrogen-bond acceptors (Lipinski definition) is 4. The summed E-state index contributed by atoms with van der Waals surface area (Å²) in [7, 11) is -3.68. The van der Waals surface area contributed by atoms with Crippen molar-refractivity contribution >= 4 is 27.3 Å². The van der Waals surface area contributed by atoms with Gasteiger partial charge in [0.05, 0.1) is 21.7 Å². The molecule has 4 N–H and O–H groups in total. The predicted octanol–water partition coefficient (Wildman–Crippen LogP) is 1.61. The molecule has 0 aromatic heterocycles. The van der Waals surface area contributed by atoms with E-state index in [1.165, 1.54) is 18.2 Å². The average Bonchev–Trinajstić information content (AvgIpc) is 2.29. The number of hydrogen-bond donors (Lipinski definition) is 3. The number of benzene rings is 1. The summed E-state index contributed by atoms with van der Waals surface area (Å²) in [4.78, 5) is 0.0335. The lowest BCUT2D eigenvalue weighted by Gasteiger charge is -2.14. The van der Waals surface area contributed by atoms with Crippen LogP contribution in [0.1, 0.15) is 20.3 Å². The fourth-order valence-electron chi connectivity index (χ4n) is 1.61. The highest BCUT2D eigenvalue weighted by Crippen LogP contribution is 2.22. The summed E-state index contributed by atoms with van der Waals surface area (Å²) in [5, 5.41) is 9.96. The quantitative estimate of drug-likeness (QED) is 0.696. The Morgan fingerprint density at radius 2 is 2.05 bits per heavy atom. The maximum Gasteiger partial charge on any atom is 0.240 e. The Bertz CT molecular complexity index is 532. The van der Waals surface area contributed by atoms with Gasteiger partial charge in [-0.3, -0.25) is 0 Å². The van der Waals surface area contributed by atoms with E-state index in [9.17, 15) is 13.5 Å². The van der Waals surface area contributed by atoms with Crippen molar-refractivity contribution in [1.82, 2.24) is 4.72 Å². The SMILES string of the molecule is CC(C)CC(O)CNS(=O)(=O)c1ccc(Cl)c(N)c1. The molecule has 0 bridgehead atoms. The summed E-state index contributed by atoms with van der Waals surface area (Å²) >= 11 is 5.74. The summed E-state index contributed by atoms with van der Waals surface area (Å²) in [6, 6.07) is 4.09. The van der Waals surface area contributed by atoms with Gasteiger partial charge in [-0.25, -0.2) is 13.1 Å². The third-order valence-electron chi connectivity index (χ3n) is 2.53. The van der Waals surface area contributed by atoms with Crippen LogP contribution in [0.3, 0.4) is 0 Å². The van der Waals surface area contributed by atoms with Crippen LogP contribution < -0.4 is 10.5 Å². The first-order chi connectivity index (χ1) is 8.72. The zero-order valence-electron chi connectivity index (χ0n) is 10.9. The number of rotatable bonds is 6. The lowest BCUT2D eigenvalue weighted by molar-refractivity contribution is 0.152. The minimum Gasteiger partial charge on any atom is -0.397 e. The average molecular weight is 307 g/mol. The van der Waals surface area contributed by atoms with Crippen LogP contribution in [0.4, 0.5) is 5.69 Å². The molecule has 19 heavy (non-hydrogen) atoms. The molecule has 0 fully saturated rings. The molecular weight excluding hydrogens is 288 g/mol. The number of nitrogens with one attached hydrogen (secondary N) is 1. The molecule has 1 aromatic rings. The van der Waals surface area contributed by atoms with Crippen molar-refractivity contribution in [2.24, 2.45) is 5.92 Å². The van der Waals surface area contributed by atoms with Gasteiger partial charge in [0.15, 0.2) is 0 Å². The Balaban J connectivity index is 2.73. The van der Waals surface area contributed by atoms with Gasteiger partial charge < -0.3 is 10.8 Å².